The summed E-state index contributed by atoms with van der Waals surface area (Å²) in [5.74, 6) is -1.10. The summed E-state index contributed by atoms with van der Waals surface area (Å²) in [5.41, 5.74) is 6.23. The van der Waals surface area contributed by atoms with Gasteiger partial charge in [0.2, 0.25) is 0 Å². The first-order valence-electron chi connectivity index (χ1n) is 5.35. The van der Waals surface area contributed by atoms with Crippen LogP contribution in [-0.4, -0.2) is 0 Å². The molecule has 0 aliphatic heterocycles. The topological polar surface area (TPSA) is 26.0 Å². The lowest BCUT2D eigenvalue weighted by Gasteiger charge is -2.12. The van der Waals surface area contributed by atoms with Crippen LogP contribution in [0.15, 0.2) is 18.2 Å². The molecular weight excluding hydrogens is 196 g/mol. The van der Waals surface area contributed by atoms with Crippen LogP contribution < -0.4 is 5.73 Å². The summed E-state index contributed by atoms with van der Waals surface area (Å²) in [4.78, 5) is 0. The lowest BCUT2D eigenvalue weighted by Crippen LogP contribution is -2.12. The Morgan fingerprint density at radius 1 is 1.27 bits per heavy atom. The highest BCUT2D eigenvalue weighted by Crippen LogP contribution is 2.20. The van der Waals surface area contributed by atoms with Crippen molar-refractivity contribution in [1.82, 2.24) is 0 Å². The number of benzene rings is 1. The number of nitrogens with two attached hydrogens (primary N) is 1. The van der Waals surface area contributed by atoms with Gasteiger partial charge in [-0.3, -0.25) is 0 Å². The lowest BCUT2D eigenvalue weighted by atomic mass is 10.0. The largest absolute Gasteiger partial charge is 0.324 e. The van der Waals surface area contributed by atoms with Crippen molar-refractivity contribution < 1.29 is 8.78 Å². The molecule has 84 valence electrons. The predicted octanol–water partition coefficient (Wildman–Crippen LogP) is 3.54. The fourth-order valence-corrected chi connectivity index (χ4v) is 1.57. The van der Waals surface area contributed by atoms with E-state index < -0.39 is 11.6 Å². The Hall–Kier alpha value is -0.960. The van der Waals surface area contributed by atoms with Crippen LogP contribution in [0.3, 0.4) is 0 Å². The van der Waals surface area contributed by atoms with Gasteiger partial charge in [0, 0.05) is 17.7 Å². The molecule has 1 aromatic carbocycles. The molecule has 1 atom stereocenters. The normalized spacial score (nSPS) is 12.8. The first-order chi connectivity index (χ1) is 7.15. The van der Waals surface area contributed by atoms with E-state index in [-0.39, 0.29) is 6.04 Å². The van der Waals surface area contributed by atoms with Gasteiger partial charge in [0.1, 0.15) is 11.6 Å². The Morgan fingerprint density at radius 3 is 2.60 bits per heavy atom. The minimum absolute atomic E-state index is 0.322. The van der Waals surface area contributed by atoms with E-state index in [1.165, 1.54) is 12.1 Å². The highest BCUT2D eigenvalue weighted by molar-refractivity contribution is 5.21. The molecule has 15 heavy (non-hydrogen) atoms. The smallest absolute Gasteiger partial charge is 0.130 e. The van der Waals surface area contributed by atoms with Gasteiger partial charge >= 0.3 is 0 Å². The molecule has 0 heterocycles. The summed E-state index contributed by atoms with van der Waals surface area (Å²) in [5, 5.41) is 0. The third kappa shape index (κ3) is 3.59. The average Bonchev–Trinajstić information content (AvgIpc) is 2.17. The van der Waals surface area contributed by atoms with Crippen LogP contribution in [0.2, 0.25) is 0 Å². The maximum Gasteiger partial charge on any atom is 0.130 e. The van der Waals surface area contributed by atoms with Gasteiger partial charge in [-0.1, -0.05) is 32.3 Å². The third-order valence-corrected chi connectivity index (χ3v) is 2.48. The van der Waals surface area contributed by atoms with Crippen LogP contribution in [-0.2, 0) is 0 Å². The molecular formula is C12H17F2N. The van der Waals surface area contributed by atoms with Crippen molar-refractivity contribution in [2.75, 3.05) is 0 Å². The second-order valence-electron chi connectivity index (χ2n) is 3.77. The zero-order chi connectivity index (χ0) is 11.3. The summed E-state index contributed by atoms with van der Waals surface area (Å²) in [6.07, 6.45) is 3.93. The second kappa shape index (κ2) is 5.81. The number of halogens is 2. The van der Waals surface area contributed by atoms with Crippen molar-refractivity contribution >= 4 is 0 Å². The molecule has 0 amide bonds. The van der Waals surface area contributed by atoms with Crippen LogP contribution in [0.5, 0.6) is 0 Å². The second-order valence-corrected chi connectivity index (χ2v) is 3.77. The van der Waals surface area contributed by atoms with Gasteiger partial charge < -0.3 is 5.73 Å². The van der Waals surface area contributed by atoms with Gasteiger partial charge in [-0.05, 0) is 12.5 Å². The van der Waals surface area contributed by atoms with Crippen LogP contribution in [0.25, 0.3) is 0 Å². The van der Waals surface area contributed by atoms with E-state index in [4.69, 9.17) is 5.73 Å². The predicted molar refractivity (Wildman–Crippen MR) is 57.4 cm³/mol. The molecule has 0 fully saturated rings. The van der Waals surface area contributed by atoms with E-state index >= 15 is 0 Å². The Kier molecular flexibility index (Phi) is 4.69. The summed E-state index contributed by atoms with van der Waals surface area (Å²) in [7, 11) is 0. The molecule has 3 heteroatoms. The number of hydrogen-bond donors (Lipinski definition) is 1. The first kappa shape index (κ1) is 12.1. The summed E-state index contributed by atoms with van der Waals surface area (Å²) in [6, 6.07) is 3.24. The highest BCUT2D eigenvalue weighted by Gasteiger charge is 2.11. The molecule has 0 spiro atoms. The van der Waals surface area contributed by atoms with E-state index in [1.807, 2.05) is 0 Å². The Bertz CT molecular complexity index is 312. The molecule has 1 rings (SSSR count). The zero-order valence-electron chi connectivity index (χ0n) is 8.97. The van der Waals surface area contributed by atoms with Crippen molar-refractivity contribution in [2.24, 2.45) is 5.73 Å². The van der Waals surface area contributed by atoms with E-state index in [9.17, 15) is 8.78 Å². The van der Waals surface area contributed by atoms with Crippen LogP contribution >= 0.6 is 0 Å². The first-order valence-corrected chi connectivity index (χ1v) is 5.35. The van der Waals surface area contributed by atoms with Gasteiger partial charge in [-0.2, -0.15) is 0 Å². The van der Waals surface area contributed by atoms with Crippen molar-refractivity contribution in [2.45, 2.75) is 38.6 Å². The van der Waals surface area contributed by atoms with E-state index in [1.54, 1.807) is 0 Å². The van der Waals surface area contributed by atoms with Crippen LogP contribution in [0, 0.1) is 11.6 Å². The molecule has 1 aromatic rings. The monoisotopic (exact) mass is 213 g/mol. The molecule has 0 saturated heterocycles. The van der Waals surface area contributed by atoms with Crippen LogP contribution in [0.4, 0.5) is 8.78 Å². The number of unbranched alkanes of at least 4 members (excludes halogenated alkanes) is 2. The molecule has 0 aliphatic rings. The quantitative estimate of drug-likeness (QED) is 0.744. The maximum absolute atomic E-state index is 13.3. The van der Waals surface area contributed by atoms with Crippen LogP contribution in [0.1, 0.15) is 44.2 Å². The minimum atomic E-state index is -0.558. The van der Waals surface area contributed by atoms with E-state index in [2.05, 4.69) is 6.92 Å². The average molecular weight is 213 g/mol. The summed E-state index contributed by atoms with van der Waals surface area (Å²) in [6.45, 7) is 2.10. The van der Waals surface area contributed by atoms with Gasteiger partial charge in [0.25, 0.3) is 0 Å². The highest BCUT2D eigenvalue weighted by atomic mass is 19.1. The fourth-order valence-electron chi connectivity index (χ4n) is 1.57. The van der Waals surface area contributed by atoms with Crippen molar-refractivity contribution in [3.8, 4) is 0 Å². The Morgan fingerprint density at radius 2 is 2.00 bits per heavy atom. The Labute approximate surface area is 89.3 Å². The third-order valence-electron chi connectivity index (χ3n) is 2.48. The molecule has 0 aromatic heterocycles. The van der Waals surface area contributed by atoms with E-state index in [0.29, 0.717) is 5.56 Å². The van der Waals surface area contributed by atoms with Gasteiger partial charge in [0.15, 0.2) is 0 Å². The number of hydrogen-bond acceptors (Lipinski definition) is 1. The fraction of sp³-hybridized carbons (Fsp3) is 0.500. The zero-order valence-corrected chi connectivity index (χ0v) is 8.97. The SMILES string of the molecule is CCCCCC(N)c1ccc(F)cc1F. The molecule has 0 saturated carbocycles. The molecule has 1 unspecified atom stereocenters. The Balaban J connectivity index is 2.61. The maximum atomic E-state index is 13.3. The van der Waals surface area contributed by atoms with Crippen molar-refractivity contribution in [3.63, 3.8) is 0 Å². The van der Waals surface area contributed by atoms with Crippen molar-refractivity contribution in [1.29, 1.82) is 0 Å². The standard InChI is InChI=1S/C12H17F2N/c1-2-3-4-5-12(15)10-7-6-9(13)8-11(10)14/h6-8,12H,2-5,15H2,1H3. The van der Waals surface area contributed by atoms with Gasteiger partial charge in [0.05, 0.1) is 0 Å². The minimum Gasteiger partial charge on any atom is -0.324 e. The summed E-state index contributed by atoms with van der Waals surface area (Å²) >= 11 is 0. The summed E-state index contributed by atoms with van der Waals surface area (Å²) < 4.78 is 25.9. The molecule has 1 nitrogen and oxygen atoms in total. The lowest BCUT2D eigenvalue weighted by molar-refractivity contribution is 0.527. The number of rotatable bonds is 5. The van der Waals surface area contributed by atoms with Gasteiger partial charge in [-0.15, -0.1) is 0 Å². The molecule has 0 radical (unpaired) electrons. The molecule has 0 bridgehead atoms. The van der Waals surface area contributed by atoms with Crippen molar-refractivity contribution in [3.05, 3.63) is 35.4 Å². The molecule has 2 N–H and O–H groups in total. The van der Waals surface area contributed by atoms with E-state index in [0.717, 1.165) is 31.7 Å². The van der Waals surface area contributed by atoms with Gasteiger partial charge in [-0.25, -0.2) is 8.78 Å². The molecule has 0 aliphatic carbocycles.